The van der Waals surface area contributed by atoms with Gasteiger partial charge < -0.3 is 9.59 Å². The highest BCUT2D eigenvalue weighted by Gasteiger charge is 2.27. The number of benzene rings is 1. The van der Waals surface area contributed by atoms with Crippen molar-refractivity contribution in [3.8, 4) is 0 Å². The van der Waals surface area contributed by atoms with Crippen LogP contribution in [0.15, 0.2) is 30.3 Å². The highest BCUT2D eigenvalue weighted by Crippen LogP contribution is 2.19. The third-order valence-corrected chi connectivity index (χ3v) is 8.45. The van der Waals surface area contributed by atoms with Crippen molar-refractivity contribution in [2.75, 3.05) is 27.2 Å². The molecule has 1 rings (SSSR count). The zero-order valence-electron chi connectivity index (χ0n) is 24.5. The van der Waals surface area contributed by atoms with E-state index in [-0.39, 0.29) is 12.2 Å². The van der Waals surface area contributed by atoms with Crippen molar-refractivity contribution in [1.29, 1.82) is 0 Å². The number of carboxylic acids is 1. The predicted molar refractivity (Wildman–Crippen MR) is 158 cm³/mol. The Morgan fingerprint density at radius 1 is 0.816 bits per heavy atom. The van der Waals surface area contributed by atoms with E-state index < -0.39 is 22.2 Å². The topological polar surface area (TPSA) is 80.7 Å². The van der Waals surface area contributed by atoms with Crippen LogP contribution >= 0.6 is 0 Å². The number of rotatable bonds is 25. The van der Waals surface area contributed by atoms with Crippen LogP contribution in [0, 0.1) is 0 Å². The number of carbonyl (C=O) groups is 1. The van der Waals surface area contributed by atoms with E-state index in [1.807, 2.05) is 32.3 Å². The summed E-state index contributed by atoms with van der Waals surface area (Å²) in [4.78, 5) is 10.9. The fourth-order valence-electron chi connectivity index (χ4n) is 5.06. The first kappa shape index (κ1) is 34.6. The number of unbranched alkanes of at least 4 members (excludes halogenated alkanes) is 13. The smallest absolute Gasteiger partial charge is 0.303 e. The second-order valence-corrected chi connectivity index (χ2v) is 13.2. The van der Waals surface area contributed by atoms with Gasteiger partial charge in [0.2, 0.25) is 0 Å². The first-order chi connectivity index (χ1) is 18.1. The molecule has 0 aliphatic rings. The minimum absolute atomic E-state index is 0.123. The van der Waals surface area contributed by atoms with Crippen LogP contribution in [0.25, 0.3) is 0 Å². The minimum Gasteiger partial charge on any atom is -0.481 e. The maximum atomic E-state index is 12.8. The summed E-state index contributed by atoms with van der Waals surface area (Å²) in [5.74, 6) is -0.930. The van der Waals surface area contributed by atoms with Gasteiger partial charge in [0, 0.05) is 6.42 Å². The van der Waals surface area contributed by atoms with Gasteiger partial charge in [-0.05, 0) is 12.0 Å². The standard InChI is InChI=1S/C31H55NO5S/c1-4-5-6-7-8-9-10-11-12-13-14-15-16-20-24-30(27-32(2,3)26-21-25-31(33)34)37-38(35,36)28-29-22-18-17-19-23-29/h17-19,22-23,30H,4-16,20-21,24-28H2,1-3H3/p+1. The van der Waals surface area contributed by atoms with E-state index in [9.17, 15) is 13.2 Å². The first-order valence-electron chi connectivity index (χ1n) is 15.1. The summed E-state index contributed by atoms with van der Waals surface area (Å²) in [6.45, 7) is 3.48. The summed E-state index contributed by atoms with van der Waals surface area (Å²) in [7, 11) is 0.328. The molecule has 0 saturated carbocycles. The van der Waals surface area contributed by atoms with E-state index in [2.05, 4.69) is 6.92 Å². The molecule has 0 radical (unpaired) electrons. The predicted octanol–water partition coefficient (Wildman–Crippen LogP) is 7.71. The maximum absolute atomic E-state index is 12.8. The number of hydrogen-bond donors (Lipinski definition) is 1. The summed E-state index contributed by atoms with van der Waals surface area (Å²) in [6.07, 6.45) is 19.0. The van der Waals surface area contributed by atoms with Crippen LogP contribution in [-0.4, -0.2) is 57.3 Å². The molecule has 0 aromatic heterocycles. The van der Waals surface area contributed by atoms with Gasteiger partial charge in [-0.3, -0.25) is 8.98 Å². The Bertz CT molecular complexity index is 826. The number of carboxylic acid groups (broad SMARTS) is 1. The summed E-state index contributed by atoms with van der Waals surface area (Å²) in [5.41, 5.74) is 0.720. The molecule has 0 aliphatic carbocycles. The van der Waals surface area contributed by atoms with Gasteiger partial charge >= 0.3 is 5.97 Å². The number of hydrogen-bond acceptors (Lipinski definition) is 4. The molecule has 0 spiro atoms. The van der Waals surface area contributed by atoms with Gasteiger partial charge in [-0.2, -0.15) is 8.42 Å². The average molecular weight is 555 g/mol. The SMILES string of the molecule is CCCCCCCCCCCCCCCCC(C[N+](C)(C)CCCC(=O)O)OS(=O)(=O)Cc1ccccc1. The van der Waals surface area contributed by atoms with Gasteiger partial charge in [0.25, 0.3) is 10.1 Å². The maximum Gasteiger partial charge on any atom is 0.303 e. The molecule has 0 amide bonds. The van der Waals surface area contributed by atoms with Crippen LogP contribution in [0.3, 0.4) is 0 Å². The second kappa shape index (κ2) is 20.5. The van der Waals surface area contributed by atoms with E-state index in [0.717, 1.165) is 18.4 Å². The zero-order chi connectivity index (χ0) is 28.1. The first-order valence-corrected chi connectivity index (χ1v) is 16.7. The molecular formula is C31H56NO5S+. The molecule has 1 aromatic rings. The zero-order valence-corrected chi connectivity index (χ0v) is 25.4. The van der Waals surface area contributed by atoms with Crippen molar-refractivity contribution in [3.63, 3.8) is 0 Å². The van der Waals surface area contributed by atoms with E-state index in [4.69, 9.17) is 9.29 Å². The summed E-state index contributed by atoms with van der Waals surface area (Å²) in [5, 5.41) is 8.97. The molecular weight excluding hydrogens is 498 g/mol. The molecule has 1 unspecified atom stereocenters. The monoisotopic (exact) mass is 554 g/mol. The highest BCUT2D eigenvalue weighted by molar-refractivity contribution is 7.85. The molecule has 38 heavy (non-hydrogen) atoms. The lowest BCUT2D eigenvalue weighted by atomic mass is 10.0. The van der Waals surface area contributed by atoms with Gasteiger partial charge in [-0.1, -0.05) is 127 Å². The van der Waals surface area contributed by atoms with Crippen molar-refractivity contribution in [3.05, 3.63) is 35.9 Å². The molecule has 0 aliphatic heterocycles. The molecule has 220 valence electrons. The minimum atomic E-state index is -3.71. The van der Waals surface area contributed by atoms with Crippen molar-refractivity contribution >= 4 is 16.1 Å². The Morgan fingerprint density at radius 2 is 1.32 bits per heavy atom. The second-order valence-electron chi connectivity index (χ2n) is 11.6. The van der Waals surface area contributed by atoms with E-state index in [0.29, 0.717) is 30.4 Å². The molecule has 7 heteroatoms. The number of aliphatic carboxylic acids is 1. The molecule has 0 heterocycles. The van der Waals surface area contributed by atoms with Gasteiger partial charge in [0.05, 0.1) is 27.1 Å². The summed E-state index contributed by atoms with van der Waals surface area (Å²) in [6, 6.07) is 9.14. The van der Waals surface area contributed by atoms with Crippen LogP contribution in [0.2, 0.25) is 0 Å². The van der Waals surface area contributed by atoms with Crippen LogP contribution in [0.1, 0.15) is 122 Å². The highest BCUT2D eigenvalue weighted by atomic mass is 32.2. The van der Waals surface area contributed by atoms with Crippen LogP contribution in [-0.2, 0) is 24.8 Å². The normalized spacial score (nSPS) is 13.0. The summed E-state index contributed by atoms with van der Waals surface area (Å²) >= 11 is 0. The molecule has 6 nitrogen and oxygen atoms in total. The lowest BCUT2D eigenvalue weighted by Gasteiger charge is -2.33. The van der Waals surface area contributed by atoms with Crippen molar-refractivity contribution < 1.29 is 27.0 Å². The van der Waals surface area contributed by atoms with Crippen LogP contribution < -0.4 is 0 Å². The average Bonchev–Trinajstić information content (AvgIpc) is 2.83. The molecule has 0 saturated heterocycles. The Balaban J connectivity index is 2.40. The molecule has 0 bridgehead atoms. The molecule has 1 N–H and O–H groups in total. The molecule has 0 fully saturated rings. The Morgan fingerprint density at radius 3 is 1.82 bits per heavy atom. The number of quaternary nitrogens is 1. The molecule has 1 atom stereocenters. The number of nitrogens with zero attached hydrogens (tertiary/aromatic N) is 1. The van der Waals surface area contributed by atoms with Crippen molar-refractivity contribution in [2.24, 2.45) is 0 Å². The largest absolute Gasteiger partial charge is 0.481 e. The fourth-order valence-corrected chi connectivity index (χ4v) is 6.30. The van der Waals surface area contributed by atoms with Crippen molar-refractivity contribution in [1.82, 2.24) is 0 Å². The van der Waals surface area contributed by atoms with Crippen molar-refractivity contribution in [2.45, 2.75) is 128 Å². The van der Waals surface area contributed by atoms with Crippen LogP contribution in [0.4, 0.5) is 0 Å². The third kappa shape index (κ3) is 19.6. The third-order valence-electron chi connectivity index (χ3n) is 7.20. The fraction of sp³-hybridized carbons (Fsp3) is 0.774. The Hall–Kier alpha value is -1.44. The quantitative estimate of drug-likeness (QED) is 0.0760. The van der Waals surface area contributed by atoms with Gasteiger partial charge in [0.15, 0.2) is 0 Å². The van der Waals surface area contributed by atoms with Gasteiger partial charge in [-0.15, -0.1) is 0 Å². The van der Waals surface area contributed by atoms with E-state index in [1.165, 1.54) is 77.0 Å². The summed E-state index contributed by atoms with van der Waals surface area (Å²) < 4.78 is 32.0. The van der Waals surface area contributed by atoms with Gasteiger partial charge in [0.1, 0.15) is 18.4 Å². The lowest BCUT2D eigenvalue weighted by molar-refractivity contribution is -0.893. The lowest BCUT2D eigenvalue weighted by Crippen LogP contribution is -2.47. The number of likely N-dealkylation sites (N-methyl/N-ethyl adjacent to an activating group) is 1. The Labute approximate surface area is 233 Å². The van der Waals surface area contributed by atoms with E-state index >= 15 is 0 Å². The molecule has 1 aromatic carbocycles. The van der Waals surface area contributed by atoms with E-state index in [1.54, 1.807) is 12.1 Å². The van der Waals surface area contributed by atoms with Crippen LogP contribution in [0.5, 0.6) is 0 Å². The van der Waals surface area contributed by atoms with Gasteiger partial charge in [-0.25, -0.2) is 0 Å². The Kier molecular flexibility index (Phi) is 18.6.